The van der Waals surface area contributed by atoms with Crippen LogP contribution in [0.3, 0.4) is 0 Å². The highest BCUT2D eigenvalue weighted by atomic mass is 35.5. The Kier molecular flexibility index (Phi) is 7.65. The first kappa shape index (κ1) is 28.8. The predicted octanol–water partition coefficient (Wildman–Crippen LogP) is 7.03. The SMILES string of the molecule is Cn1c(-c2cc3ccccc3n2Cc2cccc(Cl)c2)nc2cc(C(=O)N3CCCC(NC(=O)OC(C)(C)C)C3)ccc21. The van der Waals surface area contributed by atoms with Crippen molar-refractivity contribution in [2.24, 2.45) is 7.05 Å². The van der Waals surface area contributed by atoms with Crippen LogP contribution < -0.4 is 5.32 Å². The van der Waals surface area contributed by atoms with Crippen molar-refractivity contribution in [2.75, 3.05) is 13.1 Å². The summed E-state index contributed by atoms with van der Waals surface area (Å²) in [4.78, 5) is 32.8. The Bertz CT molecular complexity index is 1830. The summed E-state index contributed by atoms with van der Waals surface area (Å²) in [5, 5.41) is 4.76. The third-order valence-electron chi connectivity index (χ3n) is 7.83. The number of fused-ring (bicyclic) bond motifs is 2. The lowest BCUT2D eigenvalue weighted by atomic mass is 10.0. The van der Waals surface area contributed by atoms with Gasteiger partial charge in [-0.1, -0.05) is 41.9 Å². The number of carbonyl (C=O) groups is 2. The summed E-state index contributed by atoms with van der Waals surface area (Å²) in [5.41, 5.74) is 4.89. The number of carbonyl (C=O) groups excluding carboxylic acids is 2. The Morgan fingerprint density at radius 1 is 1.02 bits per heavy atom. The van der Waals surface area contributed by atoms with Gasteiger partial charge in [0, 0.05) is 54.2 Å². The minimum absolute atomic E-state index is 0.0696. The van der Waals surface area contributed by atoms with E-state index in [4.69, 9.17) is 21.3 Å². The van der Waals surface area contributed by atoms with Gasteiger partial charge in [-0.15, -0.1) is 0 Å². The molecule has 6 rings (SSSR count). The van der Waals surface area contributed by atoms with Gasteiger partial charge in [-0.25, -0.2) is 9.78 Å². The number of likely N-dealkylation sites (tertiary alicyclic amines) is 1. The van der Waals surface area contributed by atoms with Crippen LogP contribution in [0.1, 0.15) is 49.5 Å². The van der Waals surface area contributed by atoms with Gasteiger partial charge in [0.05, 0.1) is 16.7 Å². The van der Waals surface area contributed by atoms with Gasteiger partial charge in [0.25, 0.3) is 5.91 Å². The van der Waals surface area contributed by atoms with E-state index in [1.165, 1.54) is 0 Å². The maximum absolute atomic E-state index is 13.6. The number of para-hydroxylation sites is 1. The molecule has 43 heavy (non-hydrogen) atoms. The highest BCUT2D eigenvalue weighted by Gasteiger charge is 2.28. The minimum Gasteiger partial charge on any atom is -0.444 e. The largest absolute Gasteiger partial charge is 0.444 e. The van der Waals surface area contributed by atoms with Crippen molar-refractivity contribution >= 4 is 45.5 Å². The van der Waals surface area contributed by atoms with Crippen LogP contribution in [0.2, 0.25) is 5.02 Å². The van der Waals surface area contributed by atoms with Crippen LogP contribution in [0.4, 0.5) is 4.79 Å². The summed E-state index contributed by atoms with van der Waals surface area (Å²) in [7, 11) is 2.01. The van der Waals surface area contributed by atoms with Crippen LogP contribution in [0.5, 0.6) is 0 Å². The Morgan fingerprint density at radius 2 is 1.84 bits per heavy atom. The molecule has 1 unspecified atom stereocenters. The van der Waals surface area contributed by atoms with Crippen LogP contribution in [-0.2, 0) is 18.3 Å². The number of hydrogen-bond acceptors (Lipinski definition) is 4. The van der Waals surface area contributed by atoms with Crippen LogP contribution in [0.25, 0.3) is 33.5 Å². The summed E-state index contributed by atoms with van der Waals surface area (Å²) in [6.07, 6.45) is 1.15. The first-order valence-electron chi connectivity index (χ1n) is 14.6. The number of piperidine rings is 1. The van der Waals surface area contributed by atoms with Crippen molar-refractivity contribution in [3.8, 4) is 11.5 Å². The molecular formula is C34H36ClN5O3. The topological polar surface area (TPSA) is 81.4 Å². The van der Waals surface area contributed by atoms with Gasteiger partial charge in [-0.3, -0.25) is 4.79 Å². The maximum Gasteiger partial charge on any atom is 0.407 e. The van der Waals surface area contributed by atoms with Crippen LogP contribution in [-0.4, -0.2) is 55.8 Å². The monoisotopic (exact) mass is 597 g/mol. The number of rotatable bonds is 5. The molecule has 9 heteroatoms. The second kappa shape index (κ2) is 11.4. The number of nitrogens with zero attached hydrogens (tertiary/aromatic N) is 4. The number of aryl methyl sites for hydroxylation is 1. The average Bonchev–Trinajstić information content (AvgIpc) is 3.48. The summed E-state index contributed by atoms with van der Waals surface area (Å²) in [6, 6.07) is 23.9. The van der Waals surface area contributed by atoms with Crippen LogP contribution >= 0.6 is 11.6 Å². The van der Waals surface area contributed by atoms with E-state index in [1.54, 1.807) is 4.90 Å². The van der Waals surface area contributed by atoms with Gasteiger partial charge in [-0.05, 0) is 81.6 Å². The number of ether oxygens (including phenoxy) is 1. The summed E-state index contributed by atoms with van der Waals surface area (Å²) in [5.74, 6) is 0.747. The molecule has 3 aromatic carbocycles. The Balaban J connectivity index is 1.29. The van der Waals surface area contributed by atoms with E-state index < -0.39 is 11.7 Å². The van der Waals surface area contributed by atoms with Crippen LogP contribution in [0.15, 0.2) is 72.8 Å². The number of halogens is 1. The standard InChI is InChI=1S/C34H36ClN5O3/c1-34(2,3)43-33(42)36-26-12-8-16-39(21-26)32(41)24-14-15-29-27(18-24)37-31(38(29)4)30-19-23-10-5-6-13-28(23)40(30)20-22-9-7-11-25(35)17-22/h5-7,9-11,13-15,17-19,26H,8,12,16,20-21H2,1-4H3,(H,36,42). The lowest BCUT2D eigenvalue weighted by molar-refractivity contribution is 0.0452. The number of aromatic nitrogens is 3. The number of benzene rings is 3. The van der Waals surface area contributed by atoms with Crippen molar-refractivity contribution in [3.05, 3.63) is 88.9 Å². The smallest absolute Gasteiger partial charge is 0.407 e. The number of hydrogen-bond donors (Lipinski definition) is 1. The van der Waals surface area contributed by atoms with E-state index in [1.807, 2.05) is 76.3 Å². The van der Waals surface area contributed by atoms with E-state index in [2.05, 4.69) is 38.7 Å². The molecule has 8 nitrogen and oxygen atoms in total. The lowest BCUT2D eigenvalue weighted by Gasteiger charge is -2.33. The molecule has 1 saturated heterocycles. The Morgan fingerprint density at radius 3 is 2.63 bits per heavy atom. The van der Waals surface area contributed by atoms with E-state index in [-0.39, 0.29) is 11.9 Å². The van der Waals surface area contributed by atoms with Crippen molar-refractivity contribution in [2.45, 2.75) is 51.8 Å². The highest BCUT2D eigenvalue weighted by molar-refractivity contribution is 6.30. The van der Waals surface area contributed by atoms with Gasteiger partial charge in [0.15, 0.2) is 5.82 Å². The fourth-order valence-electron chi connectivity index (χ4n) is 5.88. The third-order valence-corrected chi connectivity index (χ3v) is 8.06. The van der Waals surface area contributed by atoms with E-state index in [9.17, 15) is 9.59 Å². The highest BCUT2D eigenvalue weighted by Crippen LogP contribution is 2.31. The van der Waals surface area contributed by atoms with Crippen molar-refractivity contribution < 1.29 is 14.3 Å². The molecule has 0 bridgehead atoms. The van der Waals surface area contributed by atoms with E-state index in [0.29, 0.717) is 30.2 Å². The second-order valence-corrected chi connectivity index (χ2v) is 12.7. The Labute approximate surface area is 256 Å². The zero-order chi connectivity index (χ0) is 30.3. The molecule has 0 aliphatic carbocycles. The van der Waals surface area contributed by atoms with E-state index >= 15 is 0 Å². The molecule has 2 aromatic heterocycles. The summed E-state index contributed by atoms with van der Waals surface area (Å²) < 4.78 is 9.75. The zero-order valence-electron chi connectivity index (χ0n) is 24.9. The predicted molar refractivity (Wildman–Crippen MR) is 170 cm³/mol. The fraction of sp³-hybridized carbons (Fsp3) is 0.324. The van der Waals surface area contributed by atoms with Crippen LogP contribution in [0, 0.1) is 0 Å². The quantitative estimate of drug-likeness (QED) is 0.236. The summed E-state index contributed by atoms with van der Waals surface area (Å²) >= 11 is 6.31. The molecule has 1 aliphatic rings. The maximum atomic E-state index is 13.6. The Hall–Kier alpha value is -4.30. The first-order valence-corrected chi connectivity index (χ1v) is 15.0. The molecule has 5 aromatic rings. The number of alkyl carbamates (subject to hydrolysis) is 1. The number of imidazole rings is 1. The first-order chi connectivity index (χ1) is 20.6. The van der Waals surface area contributed by atoms with Gasteiger partial charge in [0.1, 0.15) is 5.60 Å². The van der Waals surface area contributed by atoms with Gasteiger partial charge in [-0.2, -0.15) is 0 Å². The molecule has 3 heterocycles. The zero-order valence-corrected chi connectivity index (χ0v) is 25.7. The molecule has 0 saturated carbocycles. The van der Waals surface area contributed by atoms with Gasteiger partial charge >= 0.3 is 6.09 Å². The fourth-order valence-corrected chi connectivity index (χ4v) is 6.09. The van der Waals surface area contributed by atoms with Crippen molar-refractivity contribution in [1.29, 1.82) is 0 Å². The lowest BCUT2D eigenvalue weighted by Crippen LogP contribution is -2.50. The van der Waals surface area contributed by atoms with Crippen molar-refractivity contribution in [1.82, 2.24) is 24.3 Å². The molecule has 222 valence electrons. The summed E-state index contributed by atoms with van der Waals surface area (Å²) in [6.45, 7) is 7.22. The van der Waals surface area contributed by atoms with Gasteiger partial charge < -0.3 is 24.1 Å². The molecule has 1 N–H and O–H groups in total. The molecule has 1 aliphatic heterocycles. The minimum atomic E-state index is -0.575. The molecule has 2 amide bonds. The number of nitrogens with one attached hydrogen (secondary N) is 1. The molecule has 1 fully saturated rings. The molecule has 0 radical (unpaired) electrons. The normalized spacial score (nSPS) is 15.7. The van der Waals surface area contributed by atoms with Crippen molar-refractivity contribution in [3.63, 3.8) is 0 Å². The molecule has 1 atom stereocenters. The third kappa shape index (κ3) is 6.11. The van der Waals surface area contributed by atoms with E-state index in [0.717, 1.165) is 51.9 Å². The second-order valence-electron chi connectivity index (χ2n) is 12.2. The molecule has 0 spiro atoms. The van der Waals surface area contributed by atoms with Gasteiger partial charge in [0.2, 0.25) is 0 Å². The number of amides is 2. The average molecular weight is 598 g/mol. The molecular weight excluding hydrogens is 562 g/mol.